The van der Waals surface area contributed by atoms with Gasteiger partial charge in [0.1, 0.15) is 0 Å². The molecule has 0 bridgehead atoms. The molecule has 0 unspecified atom stereocenters. The van der Waals surface area contributed by atoms with Crippen molar-refractivity contribution in [1.29, 1.82) is 0 Å². The summed E-state index contributed by atoms with van der Waals surface area (Å²) < 4.78 is 0. The zero-order valence-corrected chi connectivity index (χ0v) is 14.6. The minimum absolute atomic E-state index is 0.163. The normalized spacial score (nSPS) is 21.1. The highest BCUT2D eigenvalue weighted by molar-refractivity contribution is 5.81. The van der Waals surface area contributed by atoms with Crippen LogP contribution in [0.5, 0.6) is 0 Å². The van der Waals surface area contributed by atoms with Gasteiger partial charge >= 0.3 is 0 Å². The molecule has 2 N–H and O–H groups in total. The van der Waals surface area contributed by atoms with E-state index in [0.29, 0.717) is 0 Å². The van der Waals surface area contributed by atoms with Crippen LogP contribution >= 0.6 is 0 Å². The third-order valence-electron chi connectivity index (χ3n) is 5.12. The van der Waals surface area contributed by atoms with E-state index in [9.17, 15) is 4.79 Å². The predicted molar refractivity (Wildman–Crippen MR) is 97.6 cm³/mol. The Morgan fingerprint density at radius 2 is 2.16 bits per heavy atom. The van der Waals surface area contributed by atoms with E-state index in [2.05, 4.69) is 20.9 Å². The second-order valence-corrected chi connectivity index (χ2v) is 6.99. The van der Waals surface area contributed by atoms with Gasteiger partial charge in [0.25, 0.3) is 0 Å². The van der Waals surface area contributed by atoms with E-state index in [-0.39, 0.29) is 5.91 Å². The molecule has 5 heteroatoms. The lowest BCUT2D eigenvalue weighted by molar-refractivity contribution is -0.131. The molecule has 2 aromatic rings. The van der Waals surface area contributed by atoms with Crippen molar-refractivity contribution in [2.24, 2.45) is 11.1 Å². The minimum atomic E-state index is -0.421. The van der Waals surface area contributed by atoms with Crippen molar-refractivity contribution in [2.45, 2.75) is 38.6 Å². The number of rotatable bonds is 7. The van der Waals surface area contributed by atoms with Gasteiger partial charge in [-0.1, -0.05) is 12.1 Å². The van der Waals surface area contributed by atoms with Crippen molar-refractivity contribution in [3.8, 4) is 0 Å². The van der Waals surface area contributed by atoms with Crippen molar-refractivity contribution in [1.82, 2.24) is 14.9 Å². The molecule has 25 heavy (non-hydrogen) atoms. The number of primary amides is 1. The molecule has 1 saturated heterocycles. The van der Waals surface area contributed by atoms with Crippen molar-refractivity contribution >= 4 is 5.91 Å². The predicted octanol–water partition coefficient (Wildman–Crippen LogP) is 2.57. The standard InChI is InChI=1S/C20H26N4O/c21-19(25)20(9-3-8-18-7-1-2-12-23-18)10-5-13-24(16-20)15-17-6-4-11-22-14-17/h1-2,4,6-7,11-12,14H,3,5,8-10,13,15-16H2,(H2,21,25)/t20-/m0/s1. The van der Waals surface area contributed by atoms with E-state index in [1.165, 1.54) is 5.56 Å². The zero-order chi connectivity index (χ0) is 17.5. The van der Waals surface area contributed by atoms with Gasteiger partial charge in [0.15, 0.2) is 0 Å². The molecule has 0 aromatic carbocycles. The fraction of sp³-hybridized carbons (Fsp3) is 0.450. The Morgan fingerprint density at radius 3 is 2.88 bits per heavy atom. The highest BCUT2D eigenvalue weighted by atomic mass is 16.1. The molecule has 1 amide bonds. The number of likely N-dealkylation sites (tertiary alicyclic amines) is 1. The van der Waals surface area contributed by atoms with Crippen LogP contribution in [-0.2, 0) is 17.8 Å². The SMILES string of the molecule is NC(=O)[C@@]1(CCCc2ccccn2)CCCN(Cc2cccnc2)C1. The number of aryl methyl sites for hydroxylation is 1. The second-order valence-electron chi connectivity index (χ2n) is 6.99. The van der Waals surface area contributed by atoms with Crippen LogP contribution in [0.2, 0.25) is 0 Å². The van der Waals surface area contributed by atoms with Gasteiger partial charge in [0.2, 0.25) is 5.91 Å². The van der Waals surface area contributed by atoms with Gasteiger partial charge in [-0.15, -0.1) is 0 Å². The average molecular weight is 338 g/mol. The van der Waals surface area contributed by atoms with E-state index in [1.807, 2.05) is 36.7 Å². The van der Waals surface area contributed by atoms with Gasteiger partial charge < -0.3 is 5.73 Å². The Bertz CT molecular complexity index is 677. The summed E-state index contributed by atoms with van der Waals surface area (Å²) in [6.45, 7) is 2.56. The monoisotopic (exact) mass is 338 g/mol. The molecule has 3 rings (SSSR count). The zero-order valence-electron chi connectivity index (χ0n) is 14.6. The summed E-state index contributed by atoms with van der Waals surface area (Å²) in [5.41, 5.74) is 7.67. The third kappa shape index (κ3) is 4.63. The number of hydrogen-bond donors (Lipinski definition) is 1. The van der Waals surface area contributed by atoms with E-state index in [0.717, 1.165) is 57.4 Å². The van der Waals surface area contributed by atoms with Crippen LogP contribution in [0.3, 0.4) is 0 Å². The average Bonchev–Trinajstić information content (AvgIpc) is 2.64. The van der Waals surface area contributed by atoms with E-state index >= 15 is 0 Å². The summed E-state index contributed by atoms with van der Waals surface area (Å²) in [4.78, 5) is 23.2. The van der Waals surface area contributed by atoms with Crippen LogP contribution < -0.4 is 5.73 Å². The molecule has 0 spiro atoms. The lowest BCUT2D eigenvalue weighted by Crippen LogP contribution is -2.50. The fourth-order valence-electron chi connectivity index (χ4n) is 3.79. The maximum Gasteiger partial charge on any atom is 0.224 e. The molecule has 1 aliphatic rings. The number of pyridine rings is 2. The van der Waals surface area contributed by atoms with Crippen molar-refractivity contribution in [3.63, 3.8) is 0 Å². The summed E-state index contributed by atoms with van der Waals surface area (Å²) in [6.07, 6.45) is 10.0. The number of amides is 1. The first-order valence-corrected chi connectivity index (χ1v) is 8.99. The number of nitrogens with two attached hydrogens (primary N) is 1. The van der Waals surface area contributed by atoms with Gasteiger partial charge in [-0.3, -0.25) is 19.7 Å². The van der Waals surface area contributed by atoms with E-state index in [1.54, 1.807) is 6.20 Å². The Balaban J connectivity index is 1.61. The molecule has 3 heterocycles. The summed E-state index contributed by atoms with van der Waals surface area (Å²) in [7, 11) is 0. The van der Waals surface area contributed by atoms with Gasteiger partial charge in [0.05, 0.1) is 5.41 Å². The second kappa shape index (κ2) is 8.21. The van der Waals surface area contributed by atoms with Crippen molar-refractivity contribution < 1.29 is 4.79 Å². The Labute approximate surface area is 149 Å². The topological polar surface area (TPSA) is 72.1 Å². The molecule has 5 nitrogen and oxygen atoms in total. The Hall–Kier alpha value is -2.27. The molecule has 2 aromatic heterocycles. The minimum Gasteiger partial charge on any atom is -0.369 e. The molecule has 0 radical (unpaired) electrons. The first-order valence-electron chi connectivity index (χ1n) is 8.99. The molecule has 132 valence electrons. The summed E-state index contributed by atoms with van der Waals surface area (Å²) >= 11 is 0. The molecule has 1 fully saturated rings. The number of piperidine rings is 1. The van der Waals surface area contributed by atoms with Crippen molar-refractivity contribution in [3.05, 3.63) is 60.2 Å². The number of carbonyl (C=O) groups is 1. The van der Waals surface area contributed by atoms with Gasteiger partial charge in [0, 0.05) is 37.4 Å². The third-order valence-corrected chi connectivity index (χ3v) is 5.12. The van der Waals surface area contributed by atoms with E-state index in [4.69, 9.17) is 5.73 Å². The fourth-order valence-corrected chi connectivity index (χ4v) is 3.79. The molecule has 0 saturated carbocycles. The van der Waals surface area contributed by atoms with Gasteiger partial charge in [-0.05, 0) is 62.4 Å². The summed E-state index contributed by atoms with van der Waals surface area (Å²) in [6, 6.07) is 9.99. The van der Waals surface area contributed by atoms with Crippen LogP contribution in [0.25, 0.3) is 0 Å². The molecular formula is C20H26N4O. The number of carbonyl (C=O) groups excluding carboxylic acids is 1. The van der Waals surface area contributed by atoms with Crippen molar-refractivity contribution in [2.75, 3.05) is 13.1 Å². The van der Waals surface area contributed by atoms with Crippen LogP contribution in [0.1, 0.15) is 36.9 Å². The van der Waals surface area contributed by atoms with Crippen LogP contribution in [-0.4, -0.2) is 33.9 Å². The van der Waals surface area contributed by atoms with Crippen LogP contribution in [0.4, 0.5) is 0 Å². The van der Waals surface area contributed by atoms with E-state index < -0.39 is 5.41 Å². The molecular weight excluding hydrogens is 312 g/mol. The number of aromatic nitrogens is 2. The van der Waals surface area contributed by atoms with Crippen LogP contribution in [0.15, 0.2) is 48.9 Å². The maximum absolute atomic E-state index is 12.3. The summed E-state index contributed by atoms with van der Waals surface area (Å²) in [5.74, 6) is -0.163. The Morgan fingerprint density at radius 1 is 1.24 bits per heavy atom. The van der Waals surface area contributed by atoms with Gasteiger partial charge in [-0.25, -0.2) is 0 Å². The van der Waals surface area contributed by atoms with Crippen LogP contribution in [0, 0.1) is 5.41 Å². The highest BCUT2D eigenvalue weighted by Crippen LogP contribution is 2.35. The number of hydrogen-bond acceptors (Lipinski definition) is 4. The first kappa shape index (κ1) is 17.5. The lowest BCUT2D eigenvalue weighted by atomic mass is 9.75. The molecule has 1 atom stereocenters. The first-order chi connectivity index (χ1) is 12.2. The molecule has 0 aliphatic carbocycles. The lowest BCUT2D eigenvalue weighted by Gasteiger charge is -2.41. The number of nitrogens with zero attached hydrogens (tertiary/aromatic N) is 3. The smallest absolute Gasteiger partial charge is 0.224 e. The summed E-state index contributed by atoms with van der Waals surface area (Å²) in [5, 5.41) is 0. The largest absolute Gasteiger partial charge is 0.369 e. The quantitative estimate of drug-likeness (QED) is 0.842. The Kier molecular flexibility index (Phi) is 5.76. The molecule has 1 aliphatic heterocycles. The maximum atomic E-state index is 12.3. The highest BCUT2D eigenvalue weighted by Gasteiger charge is 2.40. The van der Waals surface area contributed by atoms with Gasteiger partial charge in [-0.2, -0.15) is 0 Å².